The van der Waals surface area contributed by atoms with Gasteiger partial charge in [0.1, 0.15) is 11.1 Å². The van der Waals surface area contributed by atoms with Crippen LogP contribution in [0.1, 0.15) is 22.3 Å². The van der Waals surface area contributed by atoms with Crippen LogP contribution < -0.4 is 20.7 Å². The van der Waals surface area contributed by atoms with E-state index >= 15 is 0 Å². The first-order valence-electron chi connectivity index (χ1n) is 17.5. The number of aromatic nitrogens is 1. The first-order valence-corrected chi connectivity index (χ1v) is 19.5. The van der Waals surface area contributed by atoms with Gasteiger partial charge in [0.05, 0.1) is 5.41 Å². The van der Waals surface area contributed by atoms with Crippen LogP contribution in [-0.2, 0) is 5.41 Å². The lowest BCUT2D eigenvalue weighted by atomic mass is 9.67. The minimum Gasteiger partial charge on any atom is -0.454 e. The molecule has 10 rings (SSSR count). The summed E-state index contributed by atoms with van der Waals surface area (Å²) < 4.78 is 6.27. The number of furan rings is 1. The summed E-state index contributed by atoms with van der Waals surface area (Å²) in [4.78, 5) is 4.76. The van der Waals surface area contributed by atoms with Gasteiger partial charge in [0, 0.05) is 11.6 Å². The van der Waals surface area contributed by atoms with Crippen molar-refractivity contribution in [1.29, 1.82) is 0 Å². The van der Waals surface area contributed by atoms with Crippen LogP contribution in [0.4, 0.5) is 0 Å². The molecule has 0 bridgehead atoms. The molecular formula is C48H33NOSi. The first-order chi connectivity index (χ1) is 25.3. The summed E-state index contributed by atoms with van der Waals surface area (Å²) in [7, 11) is -2.69. The maximum Gasteiger partial charge on any atom is 0.179 e. The van der Waals surface area contributed by atoms with Gasteiger partial charge in [0.15, 0.2) is 13.7 Å². The normalized spacial score (nSPS) is 13.3. The lowest BCUT2D eigenvalue weighted by Gasteiger charge is -2.36. The highest BCUT2D eigenvalue weighted by atomic mass is 28.3. The van der Waals surface area contributed by atoms with Crippen molar-refractivity contribution in [3.63, 3.8) is 0 Å². The molecule has 7 aromatic carbocycles. The fourth-order valence-corrected chi connectivity index (χ4v) is 13.6. The number of pyridine rings is 1. The van der Waals surface area contributed by atoms with E-state index in [9.17, 15) is 0 Å². The van der Waals surface area contributed by atoms with Crippen molar-refractivity contribution in [3.05, 3.63) is 223 Å². The highest BCUT2D eigenvalue weighted by molar-refractivity contribution is 7.19. The summed E-state index contributed by atoms with van der Waals surface area (Å²) in [6.07, 6.45) is 1.85. The third-order valence-corrected chi connectivity index (χ3v) is 15.8. The zero-order chi connectivity index (χ0) is 33.8. The summed E-state index contributed by atoms with van der Waals surface area (Å²) >= 11 is 0. The molecule has 0 spiro atoms. The van der Waals surface area contributed by atoms with E-state index in [2.05, 4.69) is 182 Å². The molecular weight excluding hydrogens is 635 g/mol. The van der Waals surface area contributed by atoms with Crippen LogP contribution in [0, 0.1) is 0 Å². The molecule has 9 aromatic rings. The van der Waals surface area contributed by atoms with Crippen molar-refractivity contribution < 1.29 is 4.42 Å². The second-order valence-electron chi connectivity index (χ2n) is 13.4. The van der Waals surface area contributed by atoms with Crippen molar-refractivity contribution in [2.24, 2.45) is 0 Å². The molecule has 2 heterocycles. The number of fused-ring (bicyclic) bond motifs is 6. The van der Waals surface area contributed by atoms with Gasteiger partial charge in [-0.05, 0) is 78.4 Å². The topological polar surface area (TPSA) is 26.0 Å². The fourth-order valence-electron chi connectivity index (χ4n) is 8.89. The Bertz CT molecular complexity index is 2540. The second-order valence-corrected chi connectivity index (χ2v) is 17.2. The summed E-state index contributed by atoms with van der Waals surface area (Å²) in [5.74, 6) is 0. The van der Waals surface area contributed by atoms with E-state index in [4.69, 9.17) is 9.40 Å². The van der Waals surface area contributed by atoms with Crippen LogP contribution >= 0.6 is 0 Å². The third kappa shape index (κ3) is 4.25. The van der Waals surface area contributed by atoms with Gasteiger partial charge < -0.3 is 4.42 Å². The van der Waals surface area contributed by atoms with E-state index in [1.54, 1.807) is 0 Å². The Labute approximate surface area is 298 Å². The van der Waals surface area contributed by atoms with Crippen LogP contribution in [-0.4, -0.2) is 13.1 Å². The molecule has 0 amide bonds. The zero-order valence-electron chi connectivity index (χ0n) is 27.9. The average molecular weight is 668 g/mol. The number of hydrogen-bond acceptors (Lipinski definition) is 2. The van der Waals surface area contributed by atoms with Gasteiger partial charge in [-0.25, -0.2) is 0 Å². The predicted molar refractivity (Wildman–Crippen MR) is 212 cm³/mol. The minimum atomic E-state index is -2.69. The molecule has 1 aliphatic rings. The molecule has 0 aliphatic heterocycles. The molecule has 0 saturated heterocycles. The Hall–Kier alpha value is -6.29. The van der Waals surface area contributed by atoms with Crippen molar-refractivity contribution in [1.82, 2.24) is 4.98 Å². The Kier molecular flexibility index (Phi) is 6.77. The van der Waals surface area contributed by atoms with Gasteiger partial charge in [-0.1, -0.05) is 170 Å². The van der Waals surface area contributed by atoms with Gasteiger partial charge in [0.25, 0.3) is 0 Å². The Morgan fingerprint density at radius 3 is 1.47 bits per heavy atom. The van der Waals surface area contributed by atoms with Gasteiger partial charge >= 0.3 is 0 Å². The van der Waals surface area contributed by atoms with Crippen molar-refractivity contribution in [3.8, 4) is 11.1 Å². The van der Waals surface area contributed by atoms with E-state index in [-0.39, 0.29) is 0 Å². The average Bonchev–Trinajstić information content (AvgIpc) is 3.73. The molecule has 0 unspecified atom stereocenters. The molecule has 0 fully saturated rings. The van der Waals surface area contributed by atoms with Gasteiger partial charge in [-0.2, -0.15) is 0 Å². The number of nitrogens with zero attached hydrogens (tertiary/aromatic N) is 1. The molecule has 2 aromatic heterocycles. The van der Waals surface area contributed by atoms with Crippen LogP contribution in [0.25, 0.3) is 33.2 Å². The van der Waals surface area contributed by atoms with Crippen LogP contribution in [0.2, 0.25) is 0 Å². The molecule has 1 aliphatic carbocycles. The molecule has 0 atom stereocenters. The quantitative estimate of drug-likeness (QED) is 0.131. The highest BCUT2D eigenvalue weighted by Crippen LogP contribution is 2.56. The van der Waals surface area contributed by atoms with Crippen molar-refractivity contribution >= 4 is 50.9 Å². The van der Waals surface area contributed by atoms with E-state index in [1.807, 2.05) is 18.3 Å². The van der Waals surface area contributed by atoms with Crippen molar-refractivity contribution in [2.45, 2.75) is 5.41 Å². The van der Waals surface area contributed by atoms with Gasteiger partial charge in [0.2, 0.25) is 0 Å². The number of hydrogen-bond donors (Lipinski definition) is 0. The largest absolute Gasteiger partial charge is 0.454 e. The Balaban J connectivity index is 1.27. The highest BCUT2D eigenvalue weighted by Gasteiger charge is 2.47. The molecule has 51 heavy (non-hydrogen) atoms. The third-order valence-electron chi connectivity index (χ3n) is 11.0. The SMILES string of the molecule is c1ccc([Si](c2ccccc2)(c2ccccc2)c2ccc(C3(c4ccc5oc6cccnc6c5c4)c4ccccc4-c4ccccc43)cc2)cc1. The van der Waals surface area contributed by atoms with Gasteiger partial charge in [-0.3, -0.25) is 4.98 Å². The van der Waals surface area contributed by atoms with Crippen molar-refractivity contribution in [2.75, 3.05) is 0 Å². The Morgan fingerprint density at radius 1 is 0.412 bits per heavy atom. The van der Waals surface area contributed by atoms with E-state index in [0.29, 0.717) is 0 Å². The van der Waals surface area contributed by atoms with Crippen LogP contribution in [0.5, 0.6) is 0 Å². The molecule has 240 valence electrons. The van der Waals surface area contributed by atoms with Crippen LogP contribution in [0.3, 0.4) is 0 Å². The summed E-state index contributed by atoms with van der Waals surface area (Å²) in [5, 5.41) is 6.48. The summed E-state index contributed by atoms with van der Waals surface area (Å²) in [5.41, 5.74) is 9.56. The van der Waals surface area contributed by atoms with E-state index in [1.165, 1.54) is 54.1 Å². The number of benzene rings is 7. The predicted octanol–water partition coefficient (Wildman–Crippen LogP) is 8.72. The molecule has 2 nitrogen and oxygen atoms in total. The Morgan fingerprint density at radius 2 is 0.902 bits per heavy atom. The first kappa shape index (κ1) is 29.6. The smallest absolute Gasteiger partial charge is 0.179 e. The fraction of sp³-hybridized carbons (Fsp3) is 0.0208. The molecule has 0 saturated carbocycles. The lowest BCUT2D eigenvalue weighted by molar-refractivity contribution is 0.667. The summed E-state index contributed by atoms with van der Waals surface area (Å²) in [6, 6.07) is 71.5. The maximum absolute atomic E-state index is 6.27. The monoisotopic (exact) mass is 667 g/mol. The number of rotatable bonds is 6. The lowest BCUT2D eigenvalue weighted by Crippen LogP contribution is -2.74. The molecule has 3 heteroatoms. The van der Waals surface area contributed by atoms with Crippen LogP contribution in [0.15, 0.2) is 205 Å². The molecule has 0 N–H and O–H groups in total. The van der Waals surface area contributed by atoms with E-state index < -0.39 is 13.5 Å². The summed E-state index contributed by atoms with van der Waals surface area (Å²) in [6.45, 7) is 0. The second kappa shape index (κ2) is 11.7. The van der Waals surface area contributed by atoms with E-state index in [0.717, 1.165) is 22.1 Å². The van der Waals surface area contributed by atoms with Gasteiger partial charge in [-0.15, -0.1) is 0 Å². The molecule has 0 radical (unpaired) electrons. The standard InChI is InChI=1S/C48H33NOSi/c1-4-15-36(16-5-1)51(37-17-6-2-7-18-37,38-19-8-3-9-20-38)39-29-26-34(27-30-39)48(43-23-12-10-21-40(43)41-22-11-13-24-44(41)48)35-28-31-45-42(33-35)47-46(50-45)25-14-32-49-47/h1-33H. The minimum absolute atomic E-state index is 0.547. The maximum atomic E-state index is 6.27. The zero-order valence-corrected chi connectivity index (χ0v) is 28.9.